The molecule has 2 aromatic carbocycles. The Balaban J connectivity index is 1.47. The van der Waals surface area contributed by atoms with E-state index in [1.54, 1.807) is 11.2 Å². The van der Waals surface area contributed by atoms with Crippen LogP contribution in [0.3, 0.4) is 0 Å². The van der Waals surface area contributed by atoms with Crippen LogP contribution in [0.15, 0.2) is 41.6 Å². The second-order valence-corrected chi connectivity index (χ2v) is 12.7. The molecule has 1 amide bonds. The lowest BCUT2D eigenvalue weighted by Crippen LogP contribution is -2.56. The number of ether oxygens (including phenoxy) is 1. The van der Waals surface area contributed by atoms with Gasteiger partial charge in [0.25, 0.3) is 0 Å². The molecule has 2 aliphatic rings. The van der Waals surface area contributed by atoms with Gasteiger partial charge in [-0.25, -0.2) is 14.8 Å². The molecule has 0 radical (unpaired) electrons. The van der Waals surface area contributed by atoms with Crippen molar-refractivity contribution in [3.05, 3.63) is 53.2 Å². The van der Waals surface area contributed by atoms with E-state index in [4.69, 9.17) is 14.7 Å². The van der Waals surface area contributed by atoms with Gasteiger partial charge < -0.3 is 19.4 Å². The van der Waals surface area contributed by atoms with Crippen molar-refractivity contribution in [1.29, 1.82) is 5.26 Å². The van der Waals surface area contributed by atoms with Crippen LogP contribution in [0.25, 0.3) is 10.8 Å². The van der Waals surface area contributed by atoms with Gasteiger partial charge in [-0.3, -0.25) is 4.21 Å². The van der Waals surface area contributed by atoms with Crippen molar-refractivity contribution in [2.24, 2.45) is 0 Å². The number of piperazine rings is 1. The predicted molar refractivity (Wildman–Crippen MR) is 157 cm³/mol. The first-order chi connectivity index (χ1) is 19.1. The third kappa shape index (κ3) is 5.61. The number of carbonyl (C=O) groups excluding carboxylic acids is 1. The van der Waals surface area contributed by atoms with Gasteiger partial charge in [-0.05, 0) is 51.1 Å². The van der Waals surface area contributed by atoms with E-state index in [0.29, 0.717) is 31.3 Å². The van der Waals surface area contributed by atoms with E-state index in [9.17, 15) is 14.3 Å². The lowest BCUT2D eigenvalue weighted by Gasteiger charge is -2.42. The monoisotopic (exact) mass is 560 g/mol. The van der Waals surface area contributed by atoms with E-state index in [1.165, 1.54) is 22.0 Å². The van der Waals surface area contributed by atoms with Crippen molar-refractivity contribution >= 4 is 39.2 Å². The number of hydrogen-bond acceptors (Lipinski definition) is 8. The summed E-state index contributed by atoms with van der Waals surface area (Å²) in [6, 6.07) is 14.6. The summed E-state index contributed by atoms with van der Waals surface area (Å²) >= 11 is 0. The second kappa shape index (κ2) is 11.0. The quantitative estimate of drug-likeness (QED) is 0.428. The Morgan fingerprint density at radius 1 is 1.12 bits per heavy atom. The van der Waals surface area contributed by atoms with Gasteiger partial charge in [0.05, 0.1) is 41.6 Å². The first-order valence-corrected chi connectivity index (χ1v) is 15.2. The molecular weight excluding hydrogens is 524 g/mol. The lowest BCUT2D eigenvalue weighted by atomic mass is 9.99. The van der Waals surface area contributed by atoms with E-state index in [2.05, 4.69) is 59.2 Å². The molecule has 210 valence electrons. The van der Waals surface area contributed by atoms with Crippen LogP contribution in [0.2, 0.25) is 0 Å². The highest BCUT2D eigenvalue weighted by Gasteiger charge is 2.36. The Morgan fingerprint density at radius 3 is 2.58 bits per heavy atom. The number of rotatable bonds is 4. The molecule has 10 heteroatoms. The summed E-state index contributed by atoms with van der Waals surface area (Å²) in [6.45, 7) is 10.4. The number of nitriles is 1. The standard InChI is InChI=1S/C30H36N6O3S/c1-20-8-6-9-21-10-7-11-25(26(20)21)34-15-13-23-24(19-34)32-28(40(5)38)33-27(23)35-16-17-36(22(18-35)12-14-31)29(37)39-30(2,3)4/h6-11,22H,12-13,15-19H2,1-5H3. The molecule has 0 aliphatic carbocycles. The first kappa shape index (κ1) is 27.8. The van der Waals surface area contributed by atoms with Crippen LogP contribution >= 0.6 is 0 Å². The highest BCUT2D eigenvalue weighted by molar-refractivity contribution is 7.84. The average Bonchev–Trinajstić information content (AvgIpc) is 2.91. The topological polar surface area (TPSA) is 103 Å². The van der Waals surface area contributed by atoms with Gasteiger partial charge in [0, 0.05) is 49.1 Å². The van der Waals surface area contributed by atoms with Crippen LogP contribution in [-0.4, -0.2) is 69.2 Å². The lowest BCUT2D eigenvalue weighted by molar-refractivity contribution is 0.0144. The fourth-order valence-corrected chi connectivity index (χ4v) is 6.10. The van der Waals surface area contributed by atoms with Gasteiger partial charge in [-0.2, -0.15) is 5.26 Å². The molecule has 1 saturated heterocycles. The van der Waals surface area contributed by atoms with E-state index >= 15 is 0 Å². The van der Waals surface area contributed by atoms with Crippen LogP contribution < -0.4 is 9.80 Å². The summed E-state index contributed by atoms with van der Waals surface area (Å²) in [7, 11) is -1.37. The summed E-state index contributed by atoms with van der Waals surface area (Å²) in [6.07, 6.45) is 2.11. The summed E-state index contributed by atoms with van der Waals surface area (Å²) in [4.78, 5) is 28.6. The van der Waals surface area contributed by atoms with Crippen molar-refractivity contribution < 1.29 is 13.7 Å². The Morgan fingerprint density at radius 2 is 1.88 bits per heavy atom. The molecule has 2 aliphatic heterocycles. The predicted octanol–water partition coefficient (Wildman–Crippen LogP) is 4.58. The number of nitrogens with zero attached hydrogens (tertiary/aromatic N) is 6. The third-order valence-corrected chi connectivity index (χ3v) is 8.15. The van der Waals surface area contributed by atoms with E-state index < -0.39 is 22.5 Å². The number of carbonyl (C=O) groups is 1. The molecule has 0 bridgehead atoms. The van der Waals surface area contributed by atoms with Gasteiger partial charge in [0.1, 0.15) is 11.4 Å². The van der Waals surface area contributed by atoms with Crippen molar-refractivity contribution in [2.45, 2.75) is 63.9 Å². The SMILES string of the molecule is Cc1cccc2cccc(N3CCc4c(nc(S(C)=O)nc4N4CCN(C(=O)OC(C)(C)C)C(CC#N)C4)C3)c12. The molecule has 3 aromatic rings. The largest absolute Gasteiger partial charge is 0.444 e. The second-order valence-electron chi connectivity index (χ2n) is 11.5. The molecule has 40 heavy (non-hydrogen) atoms. The Labute approximate surface area is 238 Å². The summed E-state index contributed by atoms with van der Waals surface area (Å²) in [5, 5.41) is 12.3. The molecule has 0 N–H and O–H groups in total. The fourth-order valence-electron chi connectivity index (χ4n) is 5.64. The number of fused-ring (bicyclic) bond motifs is 2. The Kier molecular flexibility index (Phi) is 7.69. The Bertz CT molecular complexity index is 1510. The number of aryl methyl sites for hydroxylation is 1. The van der Waals surface area contributed by atoms with Crippen molar-refractivity contribution in [2.75, 3.05) is 42.2 Å². The molecule has 9 nitrogen and oxygen atoms in total. The molecule has 0 spiro atoms. The first-order valence-electron chi connectivity index (χ1n) is 13.6. The van der Waals surface area contributed by atoms with Gasteiger partial charge in [-0.15, -0.1) is 0 Å². The zero-order valence-electron chi connectivity index (χ0n) is 23.8. The van der Waals surface area contributed by atoms with Crippen molar-refractivity contribution in [1.82, 2.24) is 14.9 Å². The van der Waals surface area contributed by atoms with Crippen LogP contribution in [0.4, 0.5) is 16.3 Å². The molecule has 2 unspecified atom stereocenters. The fraction of sp³-hybridized carbons (Fsp3) is 0.467. The van der Waals surface area contributed by atoms with E-state index in [1.807, 2.05) is 20.8 Å². The van der Waals surface area contributed by atoms with Crippen molar-refractivity contribution in [3.8, 4) is 6.07 Å². The summed E-state index contributed by atoms with van der Waals surface area (Å²) in [5.74, 6) is 0.760. The minimum atomic E-state index is -1.37. The smallest absolute Gasteiger partial charge is 0.410 e. The Hall–Kier alpha value is -3.71. The summed E-state index contributed by atoms with van der Waals surface area (Å²) < 4.78 is 18.2. The molecule has 1 aromatic heterocycles. The van der Waals surface area contributed by atoms with Gasteiger partial charge in [0.15, 0.2) is 0 Å². The number of benzene rings is 2. The van der Waals surface area contributed by atoms with E-state index in [0.717, 1.165) is 30.0 Å². The maximum Gasteiger partial charge on any atom is 0.410 e. The number of hydrogen-bond donors (Lipinski definition) is 0. The molecule has 0 saturated carbocycles. The van der Waals surface area contributed by atoms with Crippen LogP contribution in [-0.2, 0) is 28.5 Å². The molecule has 3 heterocycles. The van der Waals surface area contributed by atoms with Crippen molar-refractivity contribution in [3.63, 3.8) is 0 Å². The van der Waals surface area contributed by atoms with E-state index in [-0.39, 0.29) is 12.5 Å². The normalized spacial score (nSPS) is 18.3. The van der Waals surface area contributed by atoms with Gasteiger partial charge in [0.2, 0.25) is 5.16 Å². The van der Waals surface area contributed by atoms with Gasteiger partial charge >= 0.3 is 6.09 Å². The average molecular weight is 561 g/mol. The molecule has 2 atom stereocenters. The van der Waals surface area contributed by atoms with Crippen LogP contribution in [0, 0.1) is 18.3 Å². The molecule has 1 fully saturated rings. The number of anilines is 2. The maximum atomic E-state index is 12.9. The third-order valence-electron chi connectivity index (χ3n) is 7.45. The van der Waals surface area contributed by atoms with Gasteiger partial charge in [-0.1, -0.05) is 30.3 Å². The minimum Gasteiger partial charge on any atom is -0.444 e. The highest BCUT2D eigenvalue weighted by atomic mass is 32.2. The number of amides is 1. The van der Waals surface area contributed by atoms with Crippen LogP contribution in [0.5, 0.6) is 0 Å². The highest BCUT2D eigenvalue weighted by Crippen LogP contribution is 2.35. The minimum absolute atomic E-state index is 0.184. The zero-order chi connectivity index (χ0) is 28.6. The molecule has 5 rings (SSSR count). The maximum absolute atomic E-state index is 12.9. The van der Waals surface area contributed by atoms with Crippen LogP contribution in [0.1, 0.15) is 44.0 Å². The summed E-state index contributed by atoms with van der Waals surface area (Å²) in [5.41, 5.74) is 3.69. The zero-order valence-corrected chi connectivity index (χ0v) is 24.6. The number of aromatic nitrogens is 2. The molecular formula is C30H36N6O3S.